The monoisotopic (exact) mass is 337 g/mol. The van der Waals surface area contributed by atoms with Gasteiger partial charge in [-0.2, -0.15) is 8.78 Å². The highest BCUT2D eigenvalue weighted by atomic mass is 35.5. The fourth-order valence-corrected chi connectivity index (χ4v) is 3.37. The minimum absolute atomic E-state index is 0.0903. The number of anilines is 1. The molecule has 0 saturated heterocycles. The summed E-state index contributed by atoms with van der Waals surface area (Å²) in [7, 11) is 0. The third-order valence-electron chi connectivity index (χ3n) is 4.00. The van der Waals surface area contributed by atoms with E-state index in [9.17, 15) is 8.78 Å². The summed E-state index contributed by atoms with van der Waals surface area (Å²) in [5, 5.41) is 3.56. The lowest BCUT2D eigenvalue weighted by Crippen LogP contribution is -2.25. The maximum absolute atomic E-state index is 12.3. The van der Waals surface area contributed by atoms with Crippen LogP contribution in [0.3, 0.4) is 0 Å². The fourth-order valence-electron chi connectivity index (χ4n) is 2.80. The van der Waals surface area contributed by atoms with Crippen LogP contribution < -0.4 is 10.1 Å². The number of benzene rings is 1. The Morgan fingerprint density at radius 2 is 1.76 bits per heavy atom. The van der Waals surface area contributed by atoms with Crippen LogP contribution in [0, 0.1) is 5.92 Å². The first kappa shape index (κ1) is 16.6. The average Bonchev–Trinajstić information content (AvgIpc) is 2.43. The molecule has 0 unspecified atom stereocenters. The van der Waals surface area contributed by atoms with Crippen molar-refractivity contribution in [2.45, 2.75) is 51.7 Å². The van der Waals surface area contributed by atoms with Gasteiger partial charge in [0, 0.05) is 11.7 Å². The Hall–Kier alpha value is -0.740. The van der Waals surface area contributed by atoms with Crippen LogP contribution in [0.1, 0.15) is 39.0 Å². The Kier molecular flexibility index (Phi) is 5.94. The number of rotatable bonds is 5. The zero-order valence-electron chi connectivity index (χ0n) is 11.8. The SMILES string of the molecule is CCC1CCC(Nc2cc(Cl)c(OC(F)F)c(Cl)c2)CC1. The van der Waals surface area contributed by atoms with Crippen molar-refractivity contribution in [1.29, 1.82) is 0 Å². The van der Waals surface area contributed by atoms with E-state index < -0.39 is 6.61 Å². The quantitative estimate of drug-likeness (QED) is 0.713. The lowest BCUT2D eigenvalue weighted by atomic mass is 9.84. The smallest absolute Gasteiger partial charge is 0.387 e. The molecule has 1 saturated carbocycles. The van der Waals surface area contributed by atoms with Crippen molar-refractivity contribution in [1.82, 2.24) is 0 Å². The summed E-state index contributed by atoms with van der Waals surface area (Å²) in [6.45, 7) is -0.720. The van der Waals surface area contributed by atoms with Crippen molar-refractivity contribution >= 4 is 28.9 Å². The highest BCUT2D eigenvalue weighted by molar-refractivity contribution is 6.37. The van der Waals surface area contributed by atoms with Crippen molar-refractivity contribution in [3.05, 3.63) is 22.2 Å². The lowest BCUT2D eigenvalue weighted by Gasteiger charge is -2.29. The van der Waals surface area contributed by atoms with Gasteiger partial charge in [-0.05, 0) is 43.7 Å². The molecule has 0 bridgehead atoms. The highest BCUT2D eigenvalue weighted by Crippen LogP contribution is 2.38. The number of alkyl halides is 2. The number of halogens is 4. The second-order valence-electron chi connectivity index (χ2n) is 5.42. The van der Waals surface area contributed by atoms with Crippen LogP contribution in [0.25, 0.3) is 0 Å². The molecule has 21 heavy (non-hydrogen) atoms. The molecule has 1 N–H and O–H groups in total. The van der Waals surface area contributed by atoms with Gasteiger partial charge < -0.3 is 10.1 Å². The van der Waals surface area contributed by atoms with Gasteiger partial charge in [-0.25, -0.2) is 0 Å². The molecule has 1 aromatic rings. The summed E-state index contributed by atoms with van der Waals surface area (Å²) in [5.74, 6) is 0.644. The van der Waals surface area contributed by atoms with Crippen LogP contribution >= 0.6 is 23.2 Å². The largest absolute Gasteiger partial charge is 0.432 e. The van der Waals surface area contributed by atoms with E-state index in [-0.39, 0.29) is 15.8 Å². The van der Waals surface area contributed by atoms with Gasteiger partial charge in [-0.1, -0.05) is 36.5 Å². The Labute approximate surface area is 133 Å². The Bertz CT molecular complexity index is 454. The predicted octanol–water partition coefficient (Wildman–Crippen LogP) is 5.98. The van der Waals surface area contributed by atoms with Crippen LogP contribution in [0.15, 0.2) is 12.1 Å². The summed E-state index contributed by atoms with van der Waals surface area (Å²) in [4.78, 5) is 0. The van der Waals surface area contributed by atoms with Crippen LogP contribution in [0.2, 0.25) is 10.0 Å². The minimum Gasteiger partial charge on any atom is -0.432 e. The molecule has 0 aromatic heterocycles. The molecular formula is C15H19Cl2F2NO. The van der Waals surface area contributed by atoms with Gasteiger partial charge in [-0.15, -0.1) is 0 Å². The first-order valence-corrected chi connectivity index (χ1v) is 7.95. The van der Waals surface area contributed by atoms with Crippen molar-refractivity contribution < 1.29 is 13.5 Å². The molecule has 2 nitrogen and oxygen atoms in total. The zero-order valence-corrected chi connectivity index (χ0v) is 13.4. The summed E-state index contributed by atoms with van der Waals surface area (Å²) in [5.41, 5.74) is 0.742. The van der Waals surface area contributed by atoms with Crippen molar-refractivity contribution in [2.24, 2.45) is 5.92 Å². The van der Waals surface area contributed by atoms with E-state index >= 15 is 0 Å². The fraction of sp³-hybridized carbons (Fsp3) is 0.600. The van der Waals surface area contributed by atoms with Gasteiger partial charge in [0.05, 0.1) is 10.0 Å². The molecule has 0 amide bonds. The second-order valence-corrected chi connectivity index (χ2v) is 6.23. The summed E-state index contributed by atoms with van der Waals surface area (Å²) >= 11 is 11.9. The van der Waals surface area contributed by atoms with Crippen LogP contribution in [0.5, 0.6) is 5.75 Å². The summed E-state index contributed by atoms with van der Waals surface area (Å²) in [6.07, 6.45) is 5.85. The third kappa shape index (κ3) is 4.62. The minimum atomic E-state index is -2.94. The average molecular weight is 338 g/mol. The molecule has 0 radical (unpaired) electrons. The highest BCUT2D eigenvalue weighted by Gasteiger charge is 2.21. The van der Waals surface area contributed by atoms with E-state index in [1.54, 1.807) is 12.1 Å². The molecule has 0 aliphatic heterocycles. The molecule has 1 aliphatic carbocycles. The van der Waals surface area contributed by atoms with E-state index in [1.165, 1.54) is 19.3 Å². The van der Waals surface area contributed by atoms with E-state index in [2.05, 4.69) is 17.0 Å². The number of hydrogen-bond acceptors (Lipinski definition) is 2. The van der Waals surface area contributed by atoms with Gasteiger partial charge in [-0.3, -0.25) is 0 Å². The first-order chi connectivity index (χ1) is 9.99. The molecule has 1 aromatic carbocycles. The molecule has 1 aliphatic rings. The summed E-state index contributed by atoms with van der Waals surface area (Å²) in [6, 6.07) is 3.54. The van der Waals surface area contributed by atoms with E-state index in [4.69, 9.17) is 23.2 Å². The van der Waals surface area contributed by atoms with Crippen LogP contribution in [-0.2, 0) is 0 Å². The van der Waals surface area contributed by atoms with Crippen molar-refractivity contribution in [2.75, 3.05) is 5.32 Å². The molecule has 6 heteroatoms. The van der Waals surface area contributed by atoms with Crippen molar-refractivity contribution in [3.63, 3.8) is 0 Å². The number of hydrogen-bond donors (Lipinski definition) is 1. The number of nitrogens with one attached hydrogen (secondary N) is 1. The zero-order chi connectivity index (χ0) is 15.4. The maximum Gasteiger partial charge on any atom is 0.387 e. The third-order valence-corrected chi connectivity index (χ3v) is 4.56. The van der Waals surface area contributed by atoms with Crippen LogP contribution in [0.4, 0.5) is 14.5 Å². The Morgan fingerprint density at radius 1 is 1.19 bits per heavy atom. The van der Waals surface area contributed by atoms with E-state index in [0.29, 0.717) is 6.04 Å². The van der Waals surface area contributed by atoms with Gasteiger partial charge in [0.15, 0.2) is 5.75 Å². The molecule has 0 heterocycles. The standard InChI is InChI=1S/C15H19Cl2F2NO/c1-2-9-3-5-10(6-4-9)20-11-7-12(16)14(13(17)8-11)21-15(18)19/h7-10,15,20H,2-6H2,1H3. The molecular weight excluding hydrogens is 319 g/mol. The maximum atomic E-state index is 12.3. The number of ether oxygens (including phenoxy) is 1. The Balaban J connectivity index is 2.01. The van der Waals surface area contributed by atoms with Gasteiger partial charge in [0.1, 0.15) is 0 Å². The molecule has 0 spiro atoms. The predicted molar refractivity (Wildman–Crippen MR) is 82.8 cm³/mol. The van der Waals surface area contributed by atoms with Crippen LogP contribution in [-0.4, -0.2) is 12.7 Å². The lowest BCUT2D eigenvalue weighted by molar-refractivity contribution is -0.0497. The topological polar surface area (TPSA) is 21.3 Å². The molecule has 1 fully saturated rings. The van der Waals surface area contributed by atoms with Gasteiger partial charge >= 0.3 is 6.61 Å². The Morgan fingerprint density at radius 3 is 2.24 bits per heavy atom. The van der Waals surface area contributed by atoms with Gasteiger partial charge in [0.25, 0.3) is 0 Å². The first-order valence-electron chi connectivity index (χ1n) is 7.20. The van der Waals surface area contributed by atoms with E-state index in [0.717, 1.165) is 24.4 Å². The molecule has 0 atom stereocenters. The second kappa shape index (κ2) is 7.50. The molecule has 2 rings (SSSR count). The summed E-state index contributed by atoms with van der Waals surface area (Å²) < 4.78 is 28.9. The molecule has 118 valence electrons. The van der Waals surface area contributed by atoms with Crippen molar-refractivity contribution in [3.8, 4) is 5.75 Å². The van der Waals surface area contributed by atoms with Gasteiger partial charge in [0.2, 0.25) is 0 Å². The normalized spacial score (nSPS) is 22.4. The van der Waals surface area contributed by atoms with E-state index in [1.807, 2.05) is 0 Å².